The molecule has 254 valence electrons. The average Bonchev–Trinajstić information content (AvgIpc) is 3.68. The SMILES string of the molecule is CC(C)(C)c1ccc(-c2c3c4ccccc4n(-c4ccccc4)c3c(-c3ccc(C(C)(C)C)cc3)c3c4ccccc4n(-c4ccccc4)c23)cc1. The molecule has 0 aliphatic carbocycles. The molecule has 0 fully saturated rings. The normalized spacial score (nSPS) is 12.4. The third kappa shape index (κ3) is 5.00. The molecule has 0 atom stereocenters. The minimum absolute atomic E-state index is 0.0501. The fraction of sp³-hybridized carbons (Fsp3) is 0.160. The molecular weight excluding hydrogens is 629 g/mol. The summed E-state index contributed by atoms with van der Waals surface area (Å²) >= 11 is 0. The predicted octanol–water partition coefficient (Wildman–Crippen LogP) is 13.8. The lowest BCUT2D eigenvalue weighted by Gasteiger charge is -2.22. The molecule has 2 nitrogen and oxygen atoms in total. The van der Waals surface area contributed by atoms with E-state index in [4.69, 9.17) is 0 Å². The molecule has 0 N–H and O–H groups in total. The molecule has 52 heavy (non-hydrogen) atoms. The van der Waals surface area contributed by atoms with E-state index >= 15 is 0 Å². The molecule has 0 spiro atoms. The Hall–Kier alpha value is -5.86. The van der Waals surface area contributed by atoms with Crippen molar-refractivity contribution in [1.29, 1.82) is 0 Å². The van der Waals surface area contributed by atoms with Crippen LogP contribution in [0.3, 0.4) is 0 Å². The predicted molar refractivity (Wildman–Crippen MR) is 223 cm³/mol. The largest absolute Gasteiger partial charge is 0.309 e. The molecule has 0 aliphatic heterocycles. The van der Waals surface area contributed by atoms with Crippen molar-refractivity contribution < 1.29 is 0 Å². The van der Waals surface area contributed by atoms with Gasteiger partial charge in [-0.15, -0.1) is 0 Å². The van der Waals surface area contributed by atoms with E-state index in [1.165, 1.54) is 77.0 Å². The smallest absolute Gasteiger partial charge is 0.0633 e. The van der Waals surface area contributed by atoms with Crippen LogP contribution in [0, 0.1) is 0 Å². The number of hydrogen-bond donors (Lipinski definition) is 0. The summed E-state index contributed by atoms with van der Waals surface area (Å²) in [5.41, 5.74) is 14.9. The molecule has 0 bridgehead atoms. The molecule has 0 saturated heterocycles. The van der Waals surface area contributed by atoms with E-state index in [-0.39, 0.29) is 10.8 Å². The van der Waals surface area contributed by atoms with E-state index in [1.807, 2.05) is 0 Å². The lowest BCUT2D eigenvalue weighted by Crippen LogP contribution is -2.10. The van der Waals surface area contributed by atoms with E-state index in [0.29, 0.717) is 0 Å². The summed E-state index contributed by atoms with van der Waals surface area (Å²) in [4.78, 5) is 0. The Labute approximate surface area is 306 Å². The van der Waals surface area contributed by atoms with Crippen LogP contribution in [-0.2, 0) is 10.8 Å². The molecule has 0 amide bonds. The van der Waals surface area contributed by atoms with Crippen LogP contribution in [0.5, 0.6) is 0 Å². The van der Waals surface area contributed by atoms with Crippen molar-refractivity contribution >= 4 is 43.6 Å². The molecule has 0 saturated carbocycles. The topological polar surface area (TPSA) is 9.86 Å². The summed E-state index contributed by atoms with van der Waals surface area (Å²) < 4.78 is 5.03. The zero-order valence-electron chi connectivity index (χ0n) is 30.9. The minimum atomic E-state index is 0.0501. The fourth-order valence-electron chi connectivity index (χ4n) is 8.22. The monoisotopic (exact) mass is 672 g/mol. The van der Waals surface area contributed by atoms with Crippen molar-refractivity contribution in [3.63, 3.8) is 0 Å². The van der Waals surface area contributed by atoms with Crippen LogP contribution in [0.15, 0.2) is 158 Å². The minimum Gasteiger partial charge on any atom is -0.309 e. The quantitative estimate of drug-likeness (QED) is 0.176. The van der Waals surface area contributed by atoms with Gasteiger partial charge in [0, 0.05) is 44.0 Å². The van der Waals surface area contributed by atoms with Gasteiger partial charge in [0.15, 0.2) is 0 Å². The first-order chi connectivity index (χ1) is 25.1. The first kappa shape index (κ1) is 32.1. The van der Waals surface area contributed by atoms with Crippen molar-refractivity contribution in [3.8, 4) is 33.6 Å². The maximum atomic E-state index is 2.51. The number of nitrogens with zero attached hydrogens (tertiary/aromatic N) is 2. The maximum absolute atomic E-state index is 2.51. The van der Waals surface area contributed by atoms with Crippen LogP contribution in [0.1, 0.15) is 52.7 Å². The highest BCUT2D eigenvalue weighted by Gasteiger charge is 2.29. The molecule has 2 heterocycles. The first-order valence-corrected chi connectivity index (χ1v) is 18.5. The molecular formula is C50H44N2. The Balaban J connectivity index is 1.59. The number of para-hydroxylation sites is 4. The standard InChI is InChI=1S/C50H44N2/c1-49(2,3)35-29-25-33(26-30-35)43-45-39-21-13-15-23-41(39)52(38-19-11-8-12-20-38)48(45)44(34-27-31-36(32-28-34)50(4,5)6)46-40-22-14-16-24-42(40)51(47(43)46)37-17-9-7-10-18-37/h7-32H,1-6H3. The van der Waals surface area contributed by atoms with E-state index in [2.05, 4.69) is 208 Å². The third-order valence-electron chi connectivity index (χ3n) is 10.8. The molecule has 9 aromatic rings. The molecule has 2 aromatic heterocycles. The summed E-state index contributed by atoms with van der Waals surface area (Å²) in [6, 6.07) is 58.5. The summed E-state index contributed by atoms with van der Waals surface area (Å²) in [5.74, 6) is 0. The Bertz CT molecular complexity index is 2550. The Kier molecular flexibility index (Phi) is 7.31. The van der Waals surface area contributed by atoms with Crippen LogP contribution in [0.25, 0.3) is 77.2 Å². The number of rotatable bonds is 4. The van der Waals surface area contributed by atoms with Crippen LogP contribution in [-0.4, -0.2) is 9.13 Å². The van der Waals surface area contributed by atoms with Crippen molar-refractivity contribution in [2.75, 3.05) is 0 Å². The number of fused-ring (bicyclic) bond motifs is 6. The highest BCUT2D eigenvalue weighted by molar-refractivity contribution is 6.33. The van der Waals surface area contributed by atoms with E-state index in [1.54, 1.807) is 0 Å². The van der Waals surface area contributed by atoms with E-state index in [9.17, 15) is 0 Å². The zero-order chi connectivity index (χ0) is 35.8. The van der Waals surface area contributed by atoms with Crippen LogP contribution in [0.4, 0.5) is 0 Å². The second-order valence-corrected chi connectivity index (χ2v) is 16.2. The fourth-order valence-corrected chi connectivity index (χ4v) is 8.22. The van der Waals surface area contributed by atoms with Crippen LogP contribution >= 0.6 is 0 Å². The second-order valence-electron chi connectivity index (χ2n) is 16.2. The van der Waals surface area contributed by atoms with Gasteiger partial charge in [0.25, 0.3) is 0 Å². The number of hydrogen-bond acceptors (Lipinski definition) is 0. The highest BCUT2D eigenvalue weighted by Crippen LogP contribution is 2.52. The first-order valence-electron chi connectivity index (χ1n) is 18.5. The van der Waals surface area contributed by atoms with E-state index in [0.717, 1.165) is 11.4 Å². The lowest BCUT2D eigenvalue weighted by molar-refractivity contribution is 0.590. The highest BCUT2D eigenvalue weighted by atomic mass is 15.0. The van der Waals surface area contributed by atoms with Gasteiger partial charge in [-0.3, -0.25) is 0 Å². The molecule has 0 unspecified atom stereocenters. The van der Waals surface area contributed by atoms with Crippen molar-refractivity contribution in [2.45, 2.75) is 52.4 Å². The van der Waals surface area contributed by atoms with Gasteiger partial charge in [0.2, 0.25) is 0 Å². The summed E-state index contributed by atoms with van der Waals surface area (Å²) in [6.07, 6.45) is 0. The van der Waals surface area contributed by atoms with Gasteiger partial charge in [-0.2, -0.15) is 0 Å². The summed E-state index contributed by atoms with van der Waals surface area (Å²) in [6.45, 7) is 13.7. The van der Waals surface area contributed by atoms with Crippen molar-refractivity contribution in [3.05, 3.63) is 169 Å². The maximum Gasteiger partial charge on any atom is 0.0633 e. The number of aromatic nitrogens is 2. The van der Waals surface area contributed by atoms with Gasteiger partial charge >= 0.3 is 0 Å². The van der Waals surface area contributed by atoms with Crippen LogP contribution in [0.2, 0.25) is 0 Å². The van der Waals surface area contributed by atoms with Crippen LogP contribution < -0.4 is 0 Å². The summed E-state index contributed by atoms with van der Waals surface area (Å²) in [5, 5.41) is 5.03. The van der Waals surface area contributed by atoms with Crippen molar-refractivity contribution in [1.82, 2.24) is 9.13 Å². The molecule has 9 rings (SSSR count). The zero-order valence-corrected chi connectivity index (χ0v) is 30.9. The van der Waals surface area contributed by atoms with Gasteiger partial charge in [-0.25, -0.2) is 0 Å². The van der Waals surface area contributed by atoms with Gasteiger partial charge < -0.3 is 9.13 Å². The lowest BCUT2D eigenvalue weighted by atomic mass is 9.84. The van der Waals surface area contributed by atoms with Gasteiger partial charge in [-0.05, 0) is 69.5 Å². The molecule has 7 aromatic carbocycles. The van der Waals surface area contributed by atoms with Crippen molar-refractivity contribution in [2.24, 2.45) is 0 Å². The van der Waals surface area contributed by atoms with Gasteiger partial charge in [0.05, 0.1) is 22.1 Å². The molecule has 2 heteroatoms. The third-order valence-corrected chi connectivity index (χ3v) is 10.8. The van der Waals surface area contributed by atoms with Gasteiger partial charge in [-0.1, -0.05) is 163 Å². The molecule has 0 radical (unpaired) electrons. The second kappa shape index (κ2) is 11.9. The molecule has 0 aliphatic rings. The number of benzene rings is 7. The van der Waals surface area contributed by atoms with E-state index < -0.39 is 0 Å². The summed E-state index contributed by atoms with van der Waals surface area (Å²) in [7, 11) is 0. The Morgan fingerprint density at radius 2 is 0.673 bits per heavy atom. The average molecular weight is 673 g/mol. The van der Waals surface area contributed by atoms with Gasteiger partial charge in [0.1, 0.15) is 0 Å². The Morgan fingerprint density at radius 3 is 1.02 bits per heavy atom. The Morgan fingerprint density at radius 1 is 0.346 bits per heavy atom.